The fourth-order valence-corrected chi connectivity index (χ4v) is 1.77. The SMILES string of the molecule is CCOC(=O)c1cnn(C)c1CNCCN(C)C(C)C. The molecule has 0 fully saturated rings. The van der Waals surface area contributed by atoms with E-state index in [1.807, 2.05) is 7.05 Å². The van der Waals surface area contributed by atoms with Crippen LogP contribution in [0.5, 0.6) is 0 Å². The van der Waals surface area contributed by atoms with Gasteiger partial charge in [0.2, 0.25) is 0 Å². The van der Waals surface area contributed by atoms with E-state index in [9.17, 15) is 4.79 Å². The molecule has 0 aromatic carbocycles. The molecule has 1 aromatic heterocycles. The molecule has 0 unspecified atom stereocenters. The van der Waals surface area contributed by atoms with E-state index in [1.165, 1.54) is 0 Å². The van der Waals surface area contributed by atoms with Crippen LogP contribution in [0.25, 0.3) is 0 Å². The van der Waals surface area contributed by atoms with Gasteiger partial charge in [-0.2, -0.15) is 5.10 Å². The first-order valence-electron chi connectivity index (χ1n) is 7.06. The largest absolute Gasteiger partial charge is 0.462 e. The summed E-state index contributed by atoms with van der Waals surface area (Å²) in [4.78, 5) is 14.1. The molecule has 0 aliphatic rings. The Morgan fingerprint density at radius 3 is 2.85 bits per heavy atom. The number of hydrogen-bond donors (Lipinski definition) is 1. The van der Waals surface area contributed by atoms with E-state index in [4.69, 9.17) is 4.74 Å². The summed E-state index contributed by atoms with van der Waals surface area (Å²) >= 11 is 0. The third kappa shape index (κ3) is 4.61. The van der Waals surface area contributed by atoms with E-state index in [0.29, 0.717) is 24.8 Å². The maximum atomic E-state index is 11.8. The van der Waals surface area contributed by atoms with Crippen LogP contribution in [0.4, 0.5) is 0 Å². The van der Waals surface area contributed by atoms with Crippen LogP contribution in [-0.2, 0) is 18.3 Å². The first-order valence-corrected chi connectivity index (χ1v) is 7.06. The molecule has 0 bridgehead atoms. The number of nitrogens with one attached hydrogen (secondary N) is 1. The molecule has 0 aliphatic carbocycles. The smallest absolute Gasteiger partial charge is 0.341 e. The van der Waals surface area contributed by atoms with Crippen LogP contribution in [0.15, 0.2) is 6.20 Å². The van der Waals surface area contributed by atoms with Crippen molar-refractivity contribution in [2.45, 2.75) is 33.4 Å². The Balaban J connectivity index is 2.51. The number of carbonyl (C=O) groups is 1. The molecule has 1 rings (SSSR count). The minimum Gasteiger partial charge on any atom is -0.462 e. The monoisotopic (exact) mass is 282 g/mol. The lowest BCUT2D eigenvalue weighted by molar-refractivity contribution is 0.0524. The molecule has 0 atom stereocenters. The number of likely N-dealkylation sites (N-methyl/N-ethyl adjacent to an activating group) is 1. The number of aromatic nitrogens is 2. The normalized spacial score (nSPS) is 11.3. The standard InChI is InChI=1S/C14H26N4O2/c1-6-20-14(19)12-9-16-18(5)13(12)10-15-7-8-17(4)11(2)3/h9,11,15H,6-8,10H2,1-5H3. The lowest BCUT2D eigenvalue weighted by atomic mass is 10.2. The van der Waals surface area contributed by atoms with Gasteiger partial charge in [-0.3, -0.25) is 4.68 Å². The molecule has 6 heteroatoms. The molecule has 1 N–H and O–H groups in total. The van der Waals surface area contributed by atoms with Crippen molar-refractivity contribution in [1.82, 2.24) is 20.0 Å². The van der Waals surface area contributed by atoms with Crippen LogP contribution in [0, 0.1) is 0 Å². The molecule has 0 saturated heterocycles. The molecular formula is C14H26N4O2. The summed E-state index contributed by atoms with van der Waals surface area (Å²) in [5.41, 5.74) is 1.40. The predicted molar refractivity (Wildman–Crippen MR) is 78.6 cm³/mol. The number of hydrogen-bond acceptors (Lipinski definition) is 5. The first kappa shape index (κ1) is 16.7. The number of carbonyl (C=O) groups excluding carboxylic acids is 1. The highest BCUT2D eigenvalue weighted by molar-refractivity contribution is 5.90. The second-order valence-electron chi connectivity index (χ2n) is 5.10. The zero-order chi connectivity index (χ0) is 15.1. The fraction of sp³-hybridized carbons (Fsp3) is 0.714. The van der Waals surface area contributed by atoms with E-state index >= 15 is 0 Å². The third-order valence-corrected chi connectivity index (χ3v) is 3.37. The second-order valence-corrected chi connectivity index (χ2v) is 5.10. The topological polar surface area (TPSA) is 59.4 Å². The van der Waals surface area contributed by atoms with Crippen molar-refractivity contribution in [2.75, 3.05) is 26.7 Å². The van der Waals surface area contributed by atoms with Gasteiger partial charge in [0.1, 0.15) is 5.56 Å². The summed E-state index contributed by atoms with van der Waals surface area (Å²) in [6.07, 6.45) is 1.56. The van der Waals surface area contributed by atoms with E-state index in [2.05, 4.69) is 36.2 Å². The van der Waals surface area contributed by atoms with Crippen molar-refractivity contribution in [1.29, 1.82) is 0 Å². The highest BCUT2D eigenvalue weighted by Crippen LogP contribution is 2.09. The van der Waals surface area contributed by atoms with Gasteiger partial charge in [0.15, 0.2) is 0 Å². The number of aryl methyl sites for hydroxylation is 1. The lowest BCUT2D eigenvalue weighted by Crippen LogP contribution is -2.34. The van der Waals surface area contributed by atoms with Crippen molar-refractivity contribution < 1.29 is 9.53 Å². The van der Waals surface area contributed by atoms with Crippen molar-refractivity contribution >= 4 is 5.97 Å². The molecule has 6 nitrogen and oxygen atoms in total. The van der Waals surface area contributed by atoms with E-state index < -0.39 is 0 Å². The Labute approximate surface area is 121 Å². The van der Waals surface area contributed by atoms with E-state index in [1.54, 1.807) is 17.8 Å². The van der Waals surface area contributed by atoms with Gasteiger partial charge in [0, 0.05) is 32.7 Å². The van der Waals surface area contributed by atoms with Crippen molar-refractivity contribution in [3.8, 4) is 0 Å². The van der Waals surface area contributed by atoms with Crippen molar-refractivity contribution in [3.63, 3.8) is 0 Å². The summed E-state index contributed by atoms with van der Waals surface area (Å²) < 4.78 is 6.74. The van der Waals surface area contributed by atoms with E-state index in [-0.39, 0.29) is 5.97 Å². The second kappa shape index (κ2) is 8.01. The maximum absolute atomic E-state index is 11.8. The zero-order valence-corrected chi connectivity index (χ0v) is 13.1. The molecule has 1 heterocycles. The van der Waals surface area contributed by atoms with Gasteiger partial charge >= 0.3 is 5.97 Å². The number of nitrogens with zero attached hydrogens (tertiary/aromatic N) is 3. The average molecular weight is 282 g/mol. The summed E-state index contributed by atoms with van der Waals surface area (Å²) in [6.45, 7) is 8.94. The number of esters is 1. The highest BCUT2D eigenvalue weighted by Gasteiger charge is 2.16. The van der Waals surface area contributed by atoms with Crippen LogP contribution >= 0.6 is 0 Å². The molecule has 0 amide bonds. The molecule has 114 valence electrons. The van der Waals surface area contributed by atoms with Gasteiger partial charge in [-0.1, -0.05) is 0 Å². The number of ether oxygens (including phenoxy) is 1. The lowest BCUT2D eigenvalue weighted by Gasteiger charge is -2.21. The zero-order valence-electron chi connectivity index (χ0n) is 13.1. The summed E-state index contributed by atoms with van der Waals surface area (Å²) in [5, 5.41) is 7.47. The fourth-order valence-electron chi connectivity index (χ4n) is 1.77. The molecule has 20 heavy (non-hydrogen) atoms. The summed E-state index contributed by atoms with van der Waals surface area (Å²) in [5.74, 6) is -0.309. The molecule has 0 spiro atoms. The molecular weight excluding hydrogens is 256 g/mol. The molecule has 1 aromatic rings. The number of rotatable bonds is 8. The Hall–Kier alpha value is -1.40. The first-order chi connectivity index (χ1) is 9.47. The van der Waals surface area contributed by atoms with Crippen LogP contribution in [0.2, 0.25) is 0 Å². The Kier molecular flexibility index (Phi) is 6.67. The van der Waals surface area contributed by atoms with Crippen LogP contribution in [-0.4, -0.2) is 53.4 Å². The van der Waals surface area contributed by atoms with Crippen molar-refractivity contribution in [3.05, 3.63) is 17.5 Å². The van der Waals surface area contributed by atoms with Gasteiger partial charge in [-0.25, -0.2) is 4.79 Å². The van der Waals surface area contributed by atoms with Gasteiger partial charge in [0.25, 0.3) is 0 Å². The maximum Gasteiger partial charge on any atom is 0.341 e. The van der Waals surface area contributed by atoms with Gasteiger partial charge in [-0.15, -0.1) is 0 Å². The molecule has 0 aliphatic heterocycles. The average Bonchev–Trinajstić information content (AvgIpc) is 2.76. The Bertz CT molecular complexity index is 429. The minimum atomic E-state index is -0.309. The van der Waals surface area contributed by atoms with Crippen LogP contribution < -0.4 is 5.32 Å². The van der Waals surface area contributed by atoms with Gasteiger partial charge in [-0.05, 0) is 27.8 Å². The quantitative estimate of drug-likeness (QED) is 0.570. The van der Waals surface area contributed by atoms with Crippen LogP contribution in [0.3, 0.4) is 0 Å². The Morgan fingerprint density at radius 2 is 2.25 bits per heavy atom. The minimum absolute atomic E-state index is 0.309. The highest BCUT2D eigenvalue weighted by atomic mass is 16.5. The summed E-state index contributed by atoms with van der Waals surface area (Å²) in [6, 6.07) is 0.531. The molecule has 0 saturated carbocycles. The Morgan fingerprint density at radius 1 is 1.55 bits per heavy atom. The van der Waals surface area contributed by atoms with Gasteiger partial charge < -0.3 is 15.0 Å². The van der Waals surface area contributed by atoms with Crippen molar-refractivity contribution in [2.24, 2.45) is 7.05 Å². The third-order valence-electron chi connectivity index (χ3n) is 3.37. The van der Waals surface area contributed by atoms with Gasteiger partial charge in [0.05, 0.1) is 18.5 Å². The van der Waals surface area contributed by atoms with Crippen LogP contribution in [0.1, 0.15) is 36.8 Å². The summed E-state index contributed by atoms with van der Waals surface area (Å²) in [7, 11) is 3.93. The molecule has 0 radical (unpaired) electrons. The predicted octanol–water partition coefficient (Wildman–Crippen LogP) is 1.03. The van der Waals surface area contributed by atoms with E-state index in [0.717, 1.165) is 18.8 Å².